The Morgan fingerprint density at radius 2 is 1.81 bits per heavy atom. The molecule has 16 heavy (non-hydrogen) atoms. The Balaban J connectivity index is 1.92. The lowest BCUT2D eigenvalue weighted by Gasteiger charge is -2.36. The van der Waals surface area contributed by atoms with E-state index in [1.807, 2.05) is 0 Å². The Kier molecular flexibility index (Phi) is 4.26. The highest BCUT2D eigenvalue weighted by Gasteiger charge is 2.33. The fourth-order valence-electron chi connectivity index (χ4n) is 3.58. The average molecular weight is 224 g/mol. The first-order valence-corrected chi connectivity index (χ1v) is 7.22. The van der Waals surface area contributed by atoms with Crippen LogP contribution >= 0.6 is 0 Å². The first-order valence-electron chi connectivity index (χ1n) is 7.22. The maximum atomic E-state index is 6.06. The van der Waals surface area contributed by atoms with Gasteiger partial charge < -0.3 is 11.1 Å². The minimum atomic E-state index is 0.283. The van der Waals surface area contributed by atoms with Crippen molar-refractivity contribution in [3.63, 3.8) is 0 Å². The van der Waals surface area contributed by atoms with Gasteiger partial charge in [-0.2, -0.15) is 0 Å². The van der Waals surface area contributed by atoms with Crippen LogP contribution in [0.25, 0.3) is 0 Å². The molecule has 0 bridgehead atoms. The van der Waals surface area contributed by atoms with Crippen LogP contribution in [0.3, 0.4) is 0 Å². The molecule has 94 valence electrons. The summed E-state index contributed by atoms with van der Waals surface area (Å²) in [6.45, 7) is 3.21. The zero-order valence-electron chi connectivity index (χ0n) is 10.8. The predicted octanol–water partition coefficient (Wildman–Crippen LogP) is 2.82. The highest BCUT2D eigenvalue weighted by atomic mass is 15.0. The molecule has 2 heteroatoms. The van der Waals surface area contributed by atoms with Crippen LogP contribution in [0.2, 0.25) is 0 Å². The summed E-state index contributed by atoms with van der Waals surface area (Å²) in [4.78, 5) is 0. The van der Waals surface area contributed by atoms with Crippen LogP contribution in [0.15, 0.2) is 0 Å². The van der Waals surface area contributed by atoms with Gasteiger partial charge in [-0.1, -0.05) is 32.6 Å². The largest absolute Gasteiger partial charge is 0.329 e. The summed E-state index contributed by atoms with van der Waals surface area (Å²) in [5, 5.41) is 3.93. The highest BCUT2D eigenvalue weighted by molar-refractivity contribution is 4.94. The van der Waals surface area contributed by atoms with Crippen molar-refractivity contribution >= 4 is 0 Å². The van der Waals surface area contributed by atoms with Gasteiger partial charge in [-0.15, -0.1) is 0 Å². The summed E-state index contributed by atoms with van der Waals surface area (Å²) in [5.74, 6) is 0.915. The molecule has 2 rings (SSSR count). The van der Waals surface area contributed by atoms with Crippen molar-refractivity contribution in [3.05, 3.63) is 0 Å². The van der Waals surface area contributed by atoms with E-state index in [0.717, 1.165) is 18.5 Å². The normalized spacial score (nSPS) is 34.9. The van der Waals surface area contributed by atoms with Crippen molar-refractivity contribution in [2.75, 3.05) is 6.54 Å². The summed E-state index contributed by atoms with van der Waals surface area (Å²) in [7, 11) is 0. The number of nitrogens with one attached hydrogen (secondary N) is 1. The van der Waals surface area contributed by atoms with E-state index in [0.29, 0.717) is 0 Å². The van der Waals surface area contributed by atoms with Gasteiger partial charge in [-0.3, -0.25) is 0 Å². The van der Waals surface area contributed by atoms with Crippen molar-refractivity contribution in [2.24, 2.45) is 11.7 Å². The van der Waals surface area contributed by atoms with Gasteiger partial charge in [0.15, 0.2) is 0 Å². The van der Waals surface area contributed by atoms with Crippen molar-refractivity contribution in [1.29, 1.82) is 0 Å². The van der Waals surface area contributed by atoms with Gasteiger partial charge in [0.1, 0.15) is 0 Å². The molecule has 2 atom stereocenters. The quantitative estimate of drug-likeness (QED) is 0.723. The molecule has 2 nitrogen and oxygen atoms in total. The van der Waals surface area contributed by atoms with Gasteiger partial charge in [0.2, 0.25) is 0 Å². The van der Waals surface area contributed by atoms with Crippen molar-refractivity contribution in [1.82, 2.24) is 5.32 Å². The molecule has 0 aromatic heterocycles. The van der Waals surface area contributed by atoms with Gasteiger partial charge in [0, 0.05) is 18.1 Å². The molecule has 2 saturated carbocycles. The second-order valence-electron chi connectivity index (χ2n) is 6.16. The van der Waals surface area contributed by atoms with Crippen molar-refractivity contribution < 1.29 is 0 Å². The van der Waals surface area contributed by atoms with Gasteiger partial charge in [-0.25, -0.2) is 0 Å². The molecule has 2 aliphatic carbocycles. The molecule has 0 heterocycles. The first-order chi connectivity index (χ1) is 7.74. The molecule has 0 aromatic carbocycles. The molecule has 2 aliphatic rings. The van der Waals surface area contributed by atoms with Crippen LogP contribution in [0.1, 0.15) is 64.7 Å². The van der Waals surface area contributed by atoms with Gasteiger partial charge in [0.05, 0.1) is 0 Å². The number of rotatable bonds is 3. The Morgan fingerprint density at radius 3 is 2.31 bits per heavy atom. The fourth-order valence-corrected chi connectivity index (χ4v) is 3.58. The Bertz CT molecular complexity index is 207. The van der Waals surface area contributed by atoms with Crippen molar-refractivity contribution in [2.45, 2.75) is 76.3 Å². The Labute approximate surface area is 100 Å². The zero-order valence-corrected chi connectivity index (χ0v) is 10.8. The molecule has 0 aromatic rings. The third-order valence-electron chi connectivity index (χ3n) is 4.66. The van der Waals surface area contributed by atoms with Crippen LogP contribution in [0.4, 0.5) is 0 Å². The highest BCUT2D eigenvalue weighted by Crippen LogP contribution is 2.31. The van der Waals surface area contributed by atoms with E-state index in [9.17, 15) is 0 Å². The molecule has 0 saturated heterocycles. The number of hydrogen-bond donors (Lipinski definition) is 2. The monoisotopic (exact) mass is 224 g/mol. The Morgan fingerprint density at radius 1 is 1.12 bits per heavy atom. The minimum Gasteiger partial charge on any atom is -0.329 e. The minimum absolute atomic E-state index is 0.283. The van der Waals surface area contributed by atoms with E-state index < -0.39 is 0 Å². The first kappa shape index (κ1) is 12.4. The van der Waals surface area contributed by atoms with Gasteiger partial charge in [0.25, 0.3) is 0 Å². The maximum Gasteiger partial charge on any atom is 0.0306 e. The van der Waals surface area contributed by atoms with E-state index >= 15 is 0 Å². The van der Waals surface area contributed by atoms with E-state index in [1.54, 1.807) is 0 Å². The van der Waals surface area contributed by atoms with E-state index in [-0.39, 0.29) is 5.54 Å². The molecular formula is C14H28N2. The summed E-state index contributed by atoms with van der Waals surface area (Å²) in [5.41, 5.74) is 6.34. The van der Waals surface area contributed by atoms with Gasteiger partial charge in [-0.05, 0) is 38.0 Å². The molecule has 0 radical (unpaired) electrons. The third-order valence-corrected chi connectivity index (χ3v) is 4.66. The standard InChI is InChI=1S/C14H28N2/c1-12-6-7-13(10-12)16-14(11-15)8-4-2-3-5-9-14/h12-13,16H,2-11,15H2,1H3. The summed E-state index contributed by atoms with van der Waals surface area (Å²) in [6.07, 6.45) is 12.3. The fraction of sp³-hybridized carbons (Fsp3) is 1.00. The smallest absolute Gasteiger partial charge is 0.0306 e. The molecule has 3 N–H and O–H groups in total. The molecular weight excluding hydrogens is 196 g/mol. The predicted molar refractivity (Wildman–Crippen MR) is 69.4 cm³/mol. The van der Waals surface area contributed by atoms with Crippen LogP contribution in [0.5, 0.6) is 0 Å². The lowest BCUT2D eigenvalue weighted by molar-refractivity contribution is 0.256. The van der Waals surface area contributed by atoms with Crippen LogP contribution in [0, 0.1) is 5.92 Å². The van der Waals surface area contributed by atoms with Gasteiger partial charge >= 0.3 is 0 Å². The molecule has 0 aliphatic heterocycles. The Hall–Kier alpha value is -0.0800. The van der Waals surface area contributed by atoms with E-state index in [1.165, 1.54) is 57.8 Å². The maximum absolute atomic E-state index is 6.06. The van der Waals surface area contributed by atoms with E-state index in [2.05, 4.69) is 12.2 Å². The topological polar surface area (TPSA) is 38.0 Å². The molecule has 2 unspecified atom stereocenters. The summed E-state index contributed by atoms with van der Waals surface area (Å²) in [6, 6.07) is 0.747. The lowest BCUT2D eigenvalue weighted by atomic mass is 9.89. The third kappa shape index (κ3) is 2.98. The molecule has 2 fully saturated rings. The van der Waals surface area contributed by atoms with E-state index in [4.69, 9.17) is 5.73 Å². The number of hydrogen-bond acceptors (Lipinski definition) is 2. The average Bonchev–Trinajstić information content (AvgIpc) is 2.54. The van der Waals surface area contributed by atoms with Crippen LogP contribution < -0.4 is 11.1 Å². The zero-order chi connectivity index (χ0) is 11.4. The van der Waals surface area contributed by atoms with Crippen LogP contribution in [-0.4, -0.2) is 18.1 Å². The number of nitrogens with two attached hydrogens (primary N) is 1. The van der Waals surface area contributed by atoms with Crippen LogP contribution in [-0.2, 0) is 0 Å². The lowest BCUT2D eigenvalue weighted by Crippen LogP contribution is -2.54. The molecule has 0 spiro atoms. The van der Waals surface area contributed by atoms with Crippen molar-refractivity contribution in [3.8, 4) is 0 Å². The summed E-state index contributed by atoms with van der Waals surface area (Å²) < 4.78 is 0. The molecule has 0 amide bonds. The SMILES string of the molecule is CC1CCC(NC2(CN)CCCCCC2)C1. The summed E-state index contributed by atoms with van der Waals surface area (Å²) >= 11 is 0. The second kappa shape index (κ2) is 5.50. The second-order valence-corrected chi connectivity index (χ2v) is 6.16.